The van der Waals surface area contributed by atoms with Crippen molar-refractivity contribution >= 4 is 0 Å². The minimum atomic E-state index is 0.133. The maximum atomic E-state index is 8.93. The molecular weight excluding hydrogens is 186 g/mol. The third-order valence-electron chi connectivity index (χ3n) is 2.89. The van der Waals surface area contributed by atoms with Gasteiger partial charge in [0, 0.05) is 24.9 Å². The maximum Gasteiger partial charge on any atom is 0.0978 e. The minimum absolute atomic E-state index is 0.133. The number of pyridine rings is 1. The Bertz CT molecular complexity index is 342. The van der Waals surface area contributed by atoms with Gasteiger partial charge in [-0.05, 0) is 31.5 Å². The highest BCUT2D eigenvalue weighted by atomic mass is 15.2. The summed E-state index contributed by atoms with van der Waals surface area (Å²) >= 11 is 0. The van der Waals surface area contributed by atoms with E-state index in [0.717, 1.165) is 38.0 Å². The second-order valence-electron chi connectivity index (χ2n) is 3.89. The van der Waals surface area contributed by atoms with E-state index in [1.54, 1.807) is 0 Å². The molecule has 0 radical (unpaired) electrons. The van der Waals surface area contributed by atoms with E-state index in [1.165, 1.54) is 0 Å². The van der Waals surface area contributed by atoms with Crippen molar-refractivity contribution in [1.29, 1.82) is 5.26 Å². The number of hydrogen-bond donors (Lipinski definition) is 0. The molecule has 1 saturated heterocycles. The SMILES string of the molecule is N#CC1CCCN1CCc1ccccn1. The Morgan fingerprint density at radius 3 is 3.20 bits per heavy atom. The number of nitrogens with zero attached hydrogens (tertiary/aromatic N) is 3. The third kappa shape index (κ3) is 2.54. The summed E-state index contributed by atoms with van der Waals surface area (Å²) in [5, 5.41) is 8.93. The molecule has 1 atom stereocenters. The molecule has 1 unspecified atom stereocenters. The Kier molecular flexibility index (Phi) is 3.31. The largest absolute Gasteiger partial charge is 0.288 e. The van der Waals surface area contributed by atoms with Crippen LogP contribution in [0.2, 0.25) is 0 Å². The normalized spacial score (nSPS) is 21.4. The van der Waals surface area contributed by atoms with Gasteiger partial charge in [-0.2, -0.15) is 5.26 Å². The fraction of sp³-hybridized carbons (Fsp3) is 0.500. The molecule has 15 heavy (non-hydrogen) atoms. The van der Waals surface area contributed by atoms with E-state index < -0.39 is 0 Å². The summed E-state index contributed by atoms with van der Waals surface area (Å²) in [6.07, 6.45) is 4.94. The fourth-order valence-electron chi connectivity index (χ4n) is 2.04. The number of aromatic nitrogens is 1. The molecule has 0 aromatic carbocycles. The van der Waals surface area contributed by atoms with Gasteiger partial charge in [0.25, 0.3) is 0 Å². The lowest BCUT2D eigenvalue weighted by Crippen LogP contribution is -2.30. The predicted molar refractivity (Wildman–Crippen MR) is 58.1 cm³/mol. The summed E-state index contributed by atoms with van der Waals surface area (Å²) in [5.41, 5.74) is 1.11. The van der Waals surface area contributed by atoms with Gasteiger partial charge in [-0.1, -0.05) is 6.07 Å². The molecule has 1 aromatic rings. The lowest BCUT2D eigenvalue weighted by atomic mass is 10.2. The van der Waals surface area contributed by atoms with Crippen LogP contribution < -0.4 is 0 Å². The van der Waals surface area contributed by atoms with Crippen LogP contribution in [0.5, 0.6) is 0 Å². The molecule has 78 valence electrons. The molecule has 1 fully saturated rings. The van der Waals surface area contributed by atoms with Gasteiger partial charge in [0.15, 0.2) is 0 Å². The van der Waals surface area contributed by atoms with Crippen LogP contribution >= 0.6 is 0 Å². The summed E-state index contributed by atoms with van der Waals surface area (Å²) in [4.78, 5) is 6.54. The average Bonchev–Trinajstić information content (AvgIpc) is 2.75. The first kappa shape index (κ1) is 10.1. The van der Waals surface area contributed by atoms with E-state index in [4.69, 9.17) is 5.26 Å². The van der Waals surface area contributed by atoms with Gasteiger partial charge in [0.1, 0.15) is 0 Å². The molecule has 1 aliphatic heterocycles. The summed E-state index contributed by atoms with van der Waals surface area (Å²) in [6, 6.07) is 8.46. The lowest BCUT2D eigenvalue weighted by molar-refractivity contribution is 0.298. The summed E-state index contributed by atoms with van der Waals surface area (Å²) in [7, 11) is 0. The van der Waals surface area contributed by atoms with Crippen molar-refractivity contribution < 1.29 is 0 Å². The van der Waals surface area contributed by atoms with Gasteiger partial charge in [-0.3, -0.25) is 9.88 Å². The Hall–Kier alpha value is -1.40. The zero-order chi connectivity index (χ0) is 10.5. The third-order valence-corrected chi connectivity index (χ3v) is 2.89. The Labute approximate surface area is 90.4 Å². The van der Waals surface area contributed by atoms with Crippen LogP contribution in [0.3, 0.4) is 0 Å². The van der Waals surface area contributed by atoms with E-state index in [0.29, 0.717) is 0 Å². The first-order valence-electron chi connectivity index (χ1n) is 5.44. The highest BCUT2D eigenvalue weighted by molar-refractivity contribution is 5.05. The van der Waals surface area contributed by atoms with Crippen molar-refractivity contribution in [3.8, 4) is 6.07 Å². The first-order valence-corrected chi connectivity index (χ1v) is 5.44. The Morgan fingerprint density at radius 2 is 2.47 bits per heavy atom. The van der Waals surface area contributed by atoms with Crippen LogP contribution in [0, 0.1) is 11.3 Å². The van der Waals surface area contributed by atoms with E-state index >= 15 is 0 Å². The molecule has 2 heterocycles. The molecule has 2 rings (SSSR count). The maximum absolute atomic E-state index is 8.93. The number of likely N-dealkylation sites (tertiary alicyclic amines) is 1. The highest BCUT2D eigenvalue weighted by Crippen LogP contribution is 2.16. The molecule has 0 spiro atoms. The van der Waals surface area contributed by atoms with Gasteiger partial charge in [0.05, 0.1) is 12.1 Å². The minimum Gasteiger partial charge on any atom is -0.288 e. The number of hydrogen-bond acceptors (Lipinski definition) is 3. The van der Waals surface area contributed by atoms with E-state index in [2.05, 4.69) is 16.0 Å². The van der Waals surface area contributed by atoms with Crippen LogP contribution in [0.15, 0.2) is 24.4 Å². The van der Waals surface area contributed by atoms with Crippen molar-refractivity contribution in [3.63, 3.8) is 0 Å². The van der Waals surface area contributed by atoms with E-state index in [9.17, 15) is 0 Å². The van der Waals surface area contributed by atoms with Gasteiger partial charge in [-0.15, -0.1) is 0 Å². The molecule has 0 saturated carbocycles. The van der Waals surface area contributed by atoms with Crippen molar-refractivity contribution in [1.82, 2.24) is 9.88 Å². The number of nitriles is 1. The topological polar surface area (TPSA) is 39.9 Å². The average molecular weight is 201 g/mol. The molecule has 3 heteroatoms. The van der Waals surface area contributed by atoms with Gasteiger partial charge >= 0.3 is 0 Å². The highest BCUT2D eigenvalue weighted by Gasteiger charge is 2.23. The van der Waals surface area contributed by atoms with Crippen LogP contribution in [0.25, 0.3) is 0 Å². The molecule has 0 amide bonds. The molecule has 0 aliphatic carbocycles. The summed E-state index contributed by atoms with van der Waals surface area (Å²) < 4.78 is 0. The monoisotopic (exact) mass is 201 g/mol. The Morgan fingerprint density at radius 1 is 1.53 bits per heavy atom. The van der Waals surface area contributed by atoms with Crippen molar-refractivity contribution in [2.75, 3.05) is 13.1 Å². The summed E-state index contributed by atoms with van der Waals surface area (Å²) in [6.45, 7) is 2.01. The fourth-order valence-corrected chi connectivity index (χ4v) is 2.04. The smallest absolute Gasteiger partial charge is 0.0978 e. The van der Waals surface area contributed by atoms with Crippen LogP contribution in [0.1, 0.15) is 18.5 Å². The molecule has 1 aromatic heterocycles. The van der Waals surface area contributed by atoms with E-state index in [1.807, 2.05) is 24.4 Å². The van der Waals surface area contributed by atoms with Crippen molar-refractivity contribution in [2.24, 2.45) is 0 Å². The predicted octanol–water partition coefficient (Wildman–Crippen LogP) is 1.61. The van der Waals surface area contributed by atoms with Crippen molar-refractivity contribution in [2.45, 2.75) is 25.3 Å². The lowest BCUT2D eigenvalue weighted by Gasteiger charge is -2.18. The molecule has 3 nitrogen and oxygen atoms in total. The molecule has 1 aliphatic rings. The summed E-state index contributed by atoms with van der Waals surface area (Å²) in [5.74, 6) is 0. The standard InChI is InChI=1S/C12H15N3/c13-10-12-5-3-8-15(12)9-6-11-4-1-2-7-14-11/h1-2,4,7,12H,3,5-6,8-9H2. The van der Waals surface area contributed by atoms with E-state index in [-0.39, 0.29) is 6.04 Å². The van der Waals surface area contributed by atoms with Gasteiger partial charge < -0.3 is 0 Å². The molecular formula is C12H15N3. The second kappa shape index (κ2) is 4.90. The van der Waals surface area contributed by atoms with Crippen LogP contribution in [0.4, 0.5) is 0 Å². The second-order valence-corrected chi connectivity index (χ2v) is 3.89. The van der Waals surface area contributed by atoms with Crippen LogP contribution in [-0.2, 0) is 6.42 Å². The zero-order valence-electron chi connectivity index (χ0n) is 8.76. The van der Waals surface area contributed by atoms with Gasteiger partial charge in [0.2, 0.25) is 0 Å². The zero-order valence-corrected chi connectivity index (χ0v) is 8.76. The Balaban J connectivity index is 1.86. The first-order chi connectivity index (χ1) is 7.40. The molecule has 0 N–H and O–H groups in total. The quantitative estimate of drug-likeness (QED) is 0.746. The number of rotatable bonds is 3. The van der Waals surface area contributed by atoms with Crippen LogP contribution in [-0.4, -0.2) is 29.0 Å². The van der Waals surface area contributed by atoms with Crippen molar-refractivity contribution in [3.05, 3.63) is 30.1 Å². The molecule has 0 bridgehead atoms. The van der Waals surface area contributed by atoms with Gasteiger partial charge in [-0.25, -0.2) is 0 Å².